The lowest BCUT2D eigenvalue weighted by molar-refractivity contribution is -0.138. The van der Waals surface area contributed by atoms with Crippen LogP contribution < -0.4 is 16.4 Å². The fourth-order valence-corrected chi connectivity index (χ4v) is 5.48. The van der Waals surface area contributed by atoms with Gasteiger partial charge in [0.15, 0.2) is 5.84 Å². The number of halogens is 1. The predicted octanol–water partition coefficient (Wildman–Crippen LogP) is 6.95. The number of nitrogens with two attached hydrogens (primary N) is 1. The number of pyridine rings is 2. The van der Waals surface area contributed by atoms with Crippen LogP contribution in [0.25, 0.3) is 22.7 Å². The van der Waals surface area contributed by atoms with Crippen LogP contribution in [0.15, 0.2) is 107 Å². The Balaban J connectivity index is 0.000000228. The van der Waals surface area contributed by atoms with E-state index in [1.54, 1.807) is 51.7 Å². The molecule has 0 aliphatic rings. The number of aryl methyl sites for hydroxylation is 3. The second-order valence-electron chi connectivity index (χ2n) is 13.4. The minimum Gasteiger partial charge on any atom is -0.481 e. The highest BCUT2D eigenvalue weighted by atomic mass is 127. The van der Waals surface area contributed by atoms with Crippen molar-refractivity contribution in [3.8, 4) is 11.4 Å². The Bertz CT molecular complexity index is 2730. The van der Waals surface area contributed by atoms with Crippen LogP contribution in [-0.2, 0) is 20.8 Å². The number of benzene rings is 2. The number of fused-ring (bicyclic) bond motifs is 2. The van der Waals surface area contributed by atoms with Crippen molar-refractivity contribution in [1.29, 1.82) is 0 Å². The molecule has 5 heterocycles. The molecule has 0 saturated heterocycles. The van der Waals surface area contributed by atoms with Crippen LogP contribution in [0.2, 0.25) is 0 Å². The molecular formula is C43H45IN10O8. The first-order valence-corrected chi connectivity index (χ1v) is 20.2. The highest BCUT2D eigenvalue weighted by Gasteiger charge is 2.17. The number of anilines is 2. The number of alkyl halides is 1. The number of nitrogens with zero attached hydrogens (tertiary/aromatic N) is 7. The molecule has 5 aromatic heterocycles. The van der Waals surface area contributed by atoms with Gasteiger partial charge >= 0.3 is 5.97 Å². The van der Waals surface area contributed by atoms with Gasteiger partial charge < -0.3 is 40.8 Å². The number of hydrogen-bond acceptors (Lipinski definition) is 12. The maximum atomic E-state index is 12.8. The Morgan fingerprint density at radius 2 is 1.34 bits per heavy atom. The van der Waals surface area contributed by atoms with E-state index in [9.17, 15) is 24.0 Å². The van der Waals surface area contributed by atoms with Crippen LogP contribution in [-0.4, -0.2) is 79.3 Å². The fraction of sp³-hybridized carbons (Fsp3) is 0.209. The van der Waals surface area contributed by atoms with Crippen molar-refractivity contribution in [3.05, 3.63) is 132 Å². The summed E-state index contributed by atoms with van der Waals surface area (Å²) in [5.41, 5.74) is 12.1. The third-order valence-corrected chi connectivity index (χ3v) is 8.78. The van der Waals surface area contributed by atoms with Gasteiger partial charge in [0, 0.05) is 55.5 Å². The first-order valence-electron chi connectivity index (χ1n) is 19.4. The molecule has 7 aromatic rings. The molecule has 0 atom stereocenters. The van der Waals surface area contributed by atoms with Crippen molar-refractivity contribution < 1.29 is 40.2 Å². The van der Waals surface area contributed by atoms with Gasteiger partial charge in [-0.15, -0.1) is 0 Å². The number of amides is 2. The summed E-state index contributed by atoms with van der Waals surface area (Å²) >= 11 is 1.96. The number of amidine groups is 1. The summed E-state index contributed by atoms with van der Waals surface area (Å²) in [4.78, 5) is 69.5. The minimum absolute atomic E-state index is 0.0182. The SMILES string of the molecule is CC(=O)CCC(=O)O.CC(=O)CCc1nc(-c2ccc(C)c(NC(=O)c3cnc4ccccn34)c2)no1.Cc1ccc(/C(N)=N/O)cc1NC(=O)c1cnc2ccccn12.[2H]CI. The molecule has 0 aliphatic carbocycles. The van der Waals surface area contributed by atoms with Gasteiger partial charge in [0.2, 0.25) is 11.7 Å². The number of carboxylic acid groups (broad SMARTS) is 1. The molecule has 0 bridgehead atoms. The zero-order valence-electron chi connectivity index (χ0n) is 35.2. The zero-order valence-corrected chi connectivity index (χ0v) is 36.4. The van der Waals surface area contributed by atoms with Crippen LogP contribution in [0.1, 0.15) is 78.0 Å². The van der Waals surface area contributed by atoms with Crippen molar-refractivity contribution >= 4 is 80.4 Å². The average molecular weight is 958 g/mol. The minimum atomic E-state index is -0.916. The molecule has 0 spiro atoms. The van der Waals surface area contributed by atoms with Crippen molar-refractivity contribution in [1.82, 2.24) is 28.9 Å². The van der Waals surface area contributed by atoms with Crippen LogP contribution in [0.4, 0.5) is 11.4 Å². The first kappa shape index (κ1) is 45.8. The van der Waals surface area contributed by atoms with Crippen LogP contribution >= 0.6 is 22.6 Å². The van der Waals surface area contributed by atoms with E-state index in [2.05, 4.69) is 35.9 Å². The first-order chi connectivity index (χ1) is 30.1. The molecule has 0 radical (unpaired) electrons. The lowest BCUT2D eigenvalue weighted by Gasteiger charge is -2.10. The lowest BCUT2D eigenvalue weighted by atomic mass is 10.1. The molecule has 62 heavy (non-hydrogen) atoms. The summed E-state index contributed by atoms with van der Waals surface area (Å²) in [6.07, 6.45) is 7.50. The predicted molar refractivity (Wildman–Crippen MR) is 241 cm³/mol. The van der Waals surface area contributed by atoms with Crippen molar-refractivity contribution in [2.75, 3.05) is 15.5 Å². The third kappa shape index (κ3) is 13.1. The number of carbonyl (C=O) groups is 5. The van der Waals surface area contributed by atoms with Gasteiger partial charge in [0.05, 0.1) is 18.8 Å². The van der Waals surface area contributed by atoms with Gasteiger partial charge in [-0.05, 0) is 80.1 Å². The quantitative estimate of drug-likeness (QED) is 0.0208. The van der Waals surface area contributed by atoms with E-state index in [0.717, 1.165) is 11.1 Å². The van der Waals surface area contributed by atoms with Crippen LogP contribution in [0, 0.1) is 13.8 Å². The topological polar surface area (TPSA) is 262 Å². The van der Waals surface area contributed by atoms with E-state index in [4.69, 9.17) is 21.9 Å². The molecule has 19 heteroatoms. The second-order valence-corrected chi connectivity index (χ2v) is 13.4. The monoisotopic (exact) mass is 957 g/mol. The van der Waals surface area contributed by atoms with E-state index in [0.29, 0.717) is 74.6 Å². The molecule has 6 N–H and O–H groups in total. The zero-order chi connectivity index (χ0) is 46.1. The number of ketones is 2. The summed E-state index contributed by atoms with van der Waals surface area (Å²) in [6, 6.07) is 21.8. The second kappa shape index (κ2) is 22.9. The number of oxime groups is 1. The van der Waals surface area contributed by atoms with E-state index < -0.39 is 5.97 Å². The Morgan fingerprint density at radius 3 is 1.84 bits per heavy atom. The van der Waals surface area contributed by atoms with Gasteiger partial charge in [0.25, 0.3) is 11.8 Å². The normalized spacial score (nSPS) is 10.9. The summed E-state index contributed by atoms with van der Waals surface area (Å²) in [7, 11) is 0. The number of carbonyl (C=O) groups excluding carboxylic acids is 4. The van der Waals surface area contributed by atoms with Gasteiger partial charge in [-0.3, -0.25) is 23.2 Å². The van der Waals surface area contributed by atoms with Crippen molar-refractivity contribution in [2.24, 2.45) is 10.9 Å². The maximum Gasteiger partial charge on any atom is 0.303 e. The molecule has 2 amide bonds. The van der Waals surface area contributed by atoms with E-state index in [1.165, 1.54) is 20.0 Å². The number of hydrogen-bond donors (Lipinski definition) is 5. The Hall–Kier alpha value is -7.29. The standard InChI is InChI=1S/C21H19N5O3.C16H15N5O2.C5H8O3.CH3I/c1-13-6-8-15(20-24-19(29-25-20)9-7-14(2)27)11-16(13)23-21(28)17-12-22-18-5-3-4-10-26(17)18;1-10-5-6-11(15(17)20-23)8-12(10)19-16(22)13-9-18-14-4-2-3-7-21(13)14;1-4(6)2-3-5(7)8;1-2/h3-6,8,10-12H,7,9H2,1-2H3,(H,23,28);2-9,23H,1H3,(H2,17,20)(H,19,22);2-3H2,1H3,(H,7,8);1H3/i;;;1D. The maximum absolute atomic E-state index is 12.8. The average Bonchev–Trinajstić information content (AvgIpc) is 4.03. The summed E-state index contributed by atoms with van der Waals surface area (Å²) in [5.74, 6) is -0.677. The number of imidazole rings is 2. The number of aliphatic carboxylic acids is 1. The summed E-state index contributed by atoms with van der Waals surface area (Å²) in [5, 5.41) is 29.5. The molecule has 0 unspecified atom stereocenters. The highest BCUT2D eigenvalue weighted by molar-refractivity contribution is 14.1. The van der Waals surface area contributed by atoms with E-state index in [-0.39, 0.29) is 42.1 Å². The fourth-order valence-electron chi connectivity index (χ4n) is 5.48. The molecule has 7 rings (SSSR count). The molecule has 0 fully saturated rings. The van der Waals surface area contributed by atoms with Gasteiger partial charge in [0.1, 0.15) is 34.2 Å². The van der Waals surface area contributed by atoms with E-state index >= 15 is 0 Å². The number of carboxylic acids is 1. The molecule has 0 saturated carbocycles. The van der Waals surface area contributed by atoms with Crippen LogP contribution in [0.5, 0.6) is 0 Å². The Morgan fingerprint density at radius 1 is 0.806 bits per heavy atom. The number of rotatable bonds is 12. The molecule has 2 aromatic carbocycles. The molecule has 322 valence electrons. The number of aromatic nitrogens is 6. The lowest BCUT2D eigenvalue weighted by Crippen LogP contribution is -2.17. The molecule has 0 aliphatic heterocycles. The van der Waals surface area contributed by atoms with Gasteiger partial charge in [-0.2, -0.15) is 4.98 Å². The Kier molecular flexibility index (Phi) is 16.9. The Labute approximate surface area is 370 Å². The summed E-state index contributed by atoms with van der Waals surface area (Å²) in [6.45, 7) is 6.67. The smallest absolute Gasteiger partial charge is 0.303 e. The third-order valence-electron chi connectivity index (χ3n) is 8.78. The van der Waals surface area contributed by atoms with Gasteiger partial charge in [-0.25, -0.2) is 9.97 Å². The van der Waals surface area contributed by atoms with Crippen LogP contribution in [0.3, 0.4) is 0 Å². The van der Waals surface area contributed by atoms with Crippen molar-refractivity contribution in [3.63, 3.8) is 0 Å². The molecule has 18 nitrogen and oxygen atoms in total. The van der Waals surface area contributed by atoms with Crippen molar-refractivity contribution in [2.45, 2.75) is 53.4 Å². The largest absolute Gasteiger partial charge is 0.481 e. The number of Topliss-reactive ketones (excluding diaryl/α,β-unsaturated/α-hetero) is 2. The highest BCUT2D eigenvalue weighted by Crippen LogP contribution is 2.25. The van der Waals surface area contributed by atoms with Gasteiger partial charge in [-0.1, -0.05) is 69.3 Å². The number of nitrogens with one attached hydrogen (secondary N) is 2. The van der Waals surface area contributed by atoms with E-state index in [1.807, 2.05) is 85.0 Å². The molecular weight excluding hydrogens is 911 g/mol. The summed E-state index contributed by atoms with van der Waals surface area (Å²) < 4.78 is 14.8.